The Labute approximate surface area is 342 Å². The fourth-order valence-corrected chi connectivity index (χ4v) is 9.88. The van der Waals surface area contributed by atoms with Crippen molar-refractivity contribution in [2.45, 2.75) is 5.41 Å². The maximum absolute atomic E-state index is 5.41. The lowest BCUT2D eigenvalue weighted by atomic mass is 9.67. The summed E-state index contributed by atoms with van der Waals surface area (Å²) in [4.78, 5) is 15.9. The molecule has 1 aliphatic rings. The molecule has 0 fully saturated rings. The van der Waals surface area contributed by atoms with Crippen LogP contribution in [0, 0.1) is 0 Å². The third-order valence-corrected chi connectivity index (χ3v) is 12.4. The van der Waals surface area contributed by atoms with Crippen molar-refractivity contribution < 1.29 is 0 Å². The zero-order chi connectivity index (χ0) is 38.9. The Bertz CT molecular complexity index is 3390. The Balaban J connectivity index is 1.13. The molecule has 0 spiro atoms. The second-order valence-electron chi connectivity index (χ2n) is 15.4. The quantitative estimate of drug-likeness (QED) is 0.165. The molecule has 0 unspecified atom stereocenters. The summed E-state index contributed by atoms with van der Waals surface area (Å²) in [7, 11) is 0. The molecule has 0 saturated carbocycles. The van der Waals surface area contributed by atoms with Crippen LogP contribution in [0.1, 0.15) is 22.3 Å². The number of aromatic nitrogens is 3. The first-order valence-electron chi connectivity index (χ1n) is 20.2. The predicted octanol–water partition coefficient (Wildman–Crippen LogP) is 13.8. The van der Waals surface area contributed by atoms with Gasteiger partial charge < -0.3 is 0 Å². The van der Waals surface area contributed by atoms with Crippen molar-refractivity contribution in [2.24, 2.45) is 0 Å². The summed E-state index contributed by atoms with van der Waals surface area (Å²) in [6.45, 7) is 0. The van der Waals surface area contributed by atoms with Crippen LogP contribution in [0.5, 0.6) is 0 Å². The van der Waals surface area contributed by atoms with Crippen LogP contribution in [0.3, 0.4) is 0 Å². The molecule has 11 aromatic rings. The molecule has 0 radical (unpaired) electrons. The Kier molecular flexibility index (Phi) is 7.45. The van der Waals surface area contributed by atoms with Crippen molar-refractivity contribution in [3.05, 3.63) is 235 Å². The lowest BCUT2D eigenvalue weighted by molar-refractivity contribution is 0.768. The minimum atomic E-state index is -0.483. The van der Waals surface area contributed by atoms with Gasteiger partial charge in [0.15, 0.2) is 17.5 Å². The van der Waals surface area contributed by atoms with Crippen molar-refractivity contribution in [1.82, 2.24) is 15.0 Å². The van der Waals surface area contributed by atoms with E-state index in [0.717, 1.165) is 22.1 Å². The standard InChI is InChI=1S/C56H35N3/c1-4-18-36(19-5-1)53-57-54(37-32-33-51-47(34-37)44-28-16-17-31-50(44)56(51,38-20-6-2-7-21-38)39-22-8-3-9-23-39)59-55(58-53)49-35-48-42-26-11-10-24-40(42)41-25-12-14-29-45(41)52(48)46-30-15-13-27-43(46)49/h1-35H. The first-order chi connectivity index (χ1) is 29.3. The fourth-order valence-electron chi connectivity index (χ4n) is 9.88. The van der Waals surface area contributed by atoms with Gasteiger partial charge in [0.2, 0.25) is 0 Å². The smallest absolute Gasteiger partial charge is 0.164 e. The van der Waals surface area contributed by atoms with Gasteiger partial charge in [0, 0.05) is 16.7 Å². The SMILES string of the molecule is c1ccc(-c2nc(-c3ccc4c(c3)-c3ccccc3C4(c3ccccc3)c3ccccc3)nc(-c3cc4c5ccccc5c5ccccc5c4c4ccccc34)n2)cc1. The minimum Gasteiger partial charge on any atom is -0.208 e. The Morgan fingerprint density at radius 3 is 1.39 bits per heavy atom. The van der Waals surface area contributed by atoms with E-state index in [1.807, 2.05) is 18.2 Å². The highest BCUT2D eigenvalue weighted by atomic mass is 15.0. The molecule has 0 amide bonds. The number of hydrogen-bond acceptors (Lipinski definition) is 3. The van der Waals surface area contributed by atoms with Gasteiger partial charge in [-0.05, 0) is 88.6 Å². The van der Waals surface area contributed by atoms with Gasteiger partial charge >= 0.3 is 0 Å². The van der Waals surface area contributed by atoms with Crippen molar-refractivity contribution >= 4 is 43.1 Å². The maximum atomic E-state index is 5.41. The third-order valence-electron chi connectivity index (χ3n) is 12.4. The number of hydrogen-bond donors (Lipinski definition) is 0. The summed E-state index contributed by atoms with van der Waals surface area (Å²) >= 11 is 0. The van der Waals surface area contributed by atoms with Gasteiger partial charge in [-0.3, -0.25) is 0 Å². The van der Waals surface area contributed by atoms with Gasteiger partial charge in [0.1, 0.15) is 0 Å². The number of fused-ring (bicyclic) bond motifs is 11. The molecule has 0 atom stereocenters. The topological polar surface area (TPSA) is 38.7 Å². The summed E-state index contributed by atoms with van der Waals surface area (Å²) in [5.74, 6) is 1.92. The Hall–Kier alpha value is -7.75. The Morgan fingerprint density at radius 2 is 0.729 bits per heavy atom. The van der Waals surface area contributed by atoms with Crippen LogP contribution in [0.25, 0.3) is 88.4 Å². The number of benzene rings is 10. The zero-order valence-corrected chi connectivity index (χ0v) is 32.0. The molecule has 0 N–H and O–H groups in total. The normalized spacial score (nSPS) is 12.9. The van der Waals surface area contributed by atoms with E-state index in [1.165, 1.54) is 71.1 Å². The third kappa shape index (κ3) is 4.98. The second-order valence-corrected chi connectivity index (χ2v) is 15.4. The molecular formula is C56H35N3. The van der Waals surface area contributed by atoms with Gasteiger partial charge in [-0.25, -0.2) is 15.0 Å². The molecule has 59 heavy (non-hydrogen) atoms. The lowest BCUT2D eigenvalue weighted by Crippen LogP contribution is -2.28. The second kappa shape index (κ2) is 13.2. The highest BCUT2D eigenvalue weighted by molar-refractivity contribution is 6.32. The summed E-state index contributed by atoms with van der Waals surface area (Å²) < 4.78 is 0. The molecule has 0 aliphatic heterocycles. The molecule has 1 aliphatic carbocycles. The van der Waals surface area contributed by atoms with Gasteiger partial charge in [0.05, 0.1) is 5.41 Å². The van der Waals surface area contributed by atoms with Gasteiger partial charge in [0.25, 0.3) is 0 Å². The van der Waals surface area contributed by atoms with Crippen molar-refractivity contribution in [1.29, 1.82) is 0 Å². The van der Waals surface area contributed by atoms with Gasteiger partial charge in [-0.15, -0.1) is 0 Å². The number of nitrogens with zero attached hydrogens (tertiary/aromatic N) is 3. The van der Waals surface area contributed by atoms with E-state index in [9.17, 15) is 0 Å². The fraction of sp³-hybridized carbons (Fsp3) is 0.0179. The van der Waals surface area contributed by atoms with E-state index < -0.39 is 5.41 Å². The highest BCUT2D eigenvalue weighted by Gasteiger charge is 2.46. The van der Waals surface area contributed by atoms with E-state index in [2.05, 4.69) is 194 Å². The van der Waals surface area contributed by atoms with Crippen molar-refractivity contribution in [3.8, 4) is 45.3 Å². The predicted molar refractivity (Wildman–Crippen MR) is 243 cm³/mol. The van der Waals surface area contributed by atoms with Crippen LogP contribution < -0.4 is 0 Å². The van der Waals surface area contributed by atoms with E-state index in [0.29, 0.717) is 17.5 Å². The zero-order valence-electron chi connectivity index (χ0n) is 32.0. The van der Waals surface area contributed by atoms with E-state index in [1.54, 1.807) is 0 Å². The average Bonchev–Trinajstić information content (AvgIpc) is 3.62. The molecule has 1 aromatic heterocycles. The maximum Gasteiger partial charge on any atom is 0.164 e. The summed E-state index contributed by atoms with van der Waals surface area (Å²) in [5.41, 5.74) is 9.78. The first-order valence-corrected chi connectivity index (χ1v) is 20.2. The van der Waals surface area contributed by atoms with E-state index >= 15 is 0 Å². The Morgan fingerprint density at radius 1 is 0.271 bits per heavy atom. The van der Waals surface area contributed by atoms with Crippen LogP contribution in [0.15, 0.2) is 212 Å². The highest BCUT2D eigenvalue weighted by Crippen LogP contribution is 2.56. The van der Waals surface area contributed by atoms with Gasteiger partial charge in [-0.1, -0.05) is 200 Å². The average molecular weight is 750 g/mol. The monoisotopic (exact) mass is 749 g/mol. The first kappa shape index (κ1) is 33.4. The molecule has 274 valence electrons. The molecule has 0 bridgehead atoms. The minimum absolute atomic E-state index is 0.483. The van der Waals surface area contributed by atoms with Crippen molar-refractivity contribution in [2.75, 3.05) is 0 Å². The van der Waals surface area contributed by atoms with E-state index in [-0.39, 0.29) is 0 Å². The van der Waals surface area contributed by atoms with Crippen molar-refractivity contribution in [3.63, 3.8) is 0 Å². The number of rotatable bonds is 5. The van der Waals surface area contributed by atoms with Crippen LogP contribution in [0.4, 0.5) is 0 Å². The molecule has 12 rings (SSSR count). The van der Waals surface area contributed by atoms with Crippen LogP contribution in [-0.4, -0.2) is 15.0 Å². The van der Waals surface area contributed by atoms with Gasteiger partial charge in [-0.2, -0.15) is 0 Å². The molecular weight excluding hydrogens is 715 g/mol. The molecule has 0 saturated heterocycles. The van der Waals surface area contributed by atoms with E-state index in [4.69, 9.17) is 15.0 Å². The molecule has 3 heteroatoms. The largest absolute Gasteiger partial charge is 0.208 e. The molecule has 10 aromatic carbocycles. The summed E-state index contributed by atoms with van der Waals surface area (Å²) in [6.07, 6.45) is 0. The molecule has 1 heterocycles. The lowest BCUT2D eigenvalue weighted by Gasteiger charge is -2.33. The van der Waals surface area contributed by atoms with Crippen LogP contribution in [0.2, 0.25) is 0 Å². The summed E-state index contributed by atoms with van der Waals surface area (Å²) in [6, 6.07) is 76.3. The van der Waals surface area contributed by atoms with Crippen LogP contribution in [-0.2, 0) is 5.41 Å². The van der Waals surface area contributed by atoms with Crippen LogP contribution >= 0.6 is 0 Å². The summed E-state index contributed by atoms with van der Waals surface area (Å²) in [5, 5.41) is 9.65. The molecule has 3 nitrogen and oxygen atoms in total.